The molecule has 32 heavy (non-hydrogen) atoms. The molecule has 1 heterocycles. The van der Waals surface area contributed by atoms with Crippen LogP contribution in [0, 0.1) is 17.5 Å². The molecule has 0 fully saturated rings. The summed E-state index contributed by atoms with van der Waals surface area (Å²) in [5.41, 5.74) is 2.37. The van der Waals surface area contributed by atoms with Crippen molar-refractivity contribution in [1.82, 2.24) is 4.98 Å². The normalized spacial score (nSPS) is 13.1. The van der Waals surface area contributed by atoms with E-state index in [1.165, 1.54) is 24.3 Å². The van der Waals surface area contributed by atoms with Gasteiger partial charge in [0.1, 0.15) is 29.8 Å². The molecule has 0 amide bonds. The van der Waals surface area contributed by atoms with Gasteiger partial charge < -0.3 is 14.6 Å². The van der Waals surface area contributed by atoms with E-state index < -0.39 is 23.4 Å². The Hall–Kier alpha value is -2.61. The Labute approximate surface area is 205 Å². The Balaban J connectivity index is 0.00000289. The van der Waals surface area contributed by atoms with E-state index in [2.05, 4.69) is 4.98 Å². The average Bonchev–Trinajstić information content (AvgIpc) is 3.25. The average molecular weight is 447 g/mol. The van der Waals surface area contributed by atoms with Crippen molar-refractivity contribution < 1.29 is 57.4 Å². The minimum absolute atomic E-state index is 0. The maximum atomic E-state index is 14.1. The molecule has 0 aliphatic heterocycles. The Bertz CT molecular complexity index is 1200. The first-order valence-corrected chi connectivity index (χ1v) is 9.70. The fourth-order valence-corrected chi connectivity index (χ4v) is 3.71. The van der Waals surface area contributed by atoms with Crippen LogP contribution in [-0.4, -0.2) is 11.0 Å². The first-order valence-electron chi connectivity index (χ1n) is 9.70. The van der Waals surface area contributed by atoms with Crippen LogP contribution >= 0.6 is 0 Å². The standard InChI is InChI=1S/C24H18F3NO3.Na/c25-15-7-9-20(27)14(11-15)13-31-23-10-8-16(26)12-19(23)17-3-1-4-18(17)21-5-2-6-22(28-21)24(29)30;/h2,5-12H,1,3-4,13H2,(H,29,30);/q;+1/p-1. The SMILES string of the molecule is O=C([O-])c1cccc(C2=C(c3cc(F)ccc3OCc3cc(F)ccc3F)CCC2)n1.[Na+]. The van der Waals surface area contributed by atoms with Gasteiger partial charge in [-0.15, -0.1) is 0 Å². The zero-order chi connectivity index (χ0) is 22.0. The first kappa shape index (κ1) is 24.0. The number of benzene rings is 2. The number of hydrogen-bond acceptors (Lipinski definition) is 4. The number of ether oxygens (including phenoxy) is 1. The van der Waals surface area contributed by atoms with Crippen LogP contribution in [0.1, 0.15) is 46.6 Å². The summed E-state index contributed by atoms with van der Waals surface area (Å²) in [5, 5.41) is 11.2. The number of carboxylic acid groups (broad SMARTS) is 1. The second-order valence-electron chi connectivity index (χ2n) is 7.17. The third kappa shape index (κ3) is 5.23. The van der Waals surface area contributed by atoms with Crippen LogP contribution in [-0.2, 0) is 6.61 Å². The molecule has 158 valence electrons. The molecule has 4 rings (SSSR count). The van der Waals surface area contributed by atoms with Crippen molar-refractivity contribution in [2.45, 2.75) is 25.9 Å². The molecular formula is C24H17F3NNaO3. The molecule has 2 aromatic carbocycles. The largest absolute Gasteiger partial charge is 1.00 e. The van der Waals surface area contributed by atoms with Gasteiger partial charge in [-0.2, -0.15) is 0 Å². The number of rotatable bonds is 6. The number of halogens is 3. The molecule has 1 aliphatic rings. The second-order valence-corrected chi connectivity index (χ2v) is 7.17. The summed E-state index contributed by atoms with van der Waals surface area (Å²) in [6.07, 6.45) is 2.02. The number of hydrogen-bond donors (Lipinski definition) is 0. The van der Waals surface area contributed by atoms with Gasteiger partial charge in [-0.1, -0.05) is 6.07 Å². The van der Waals surface area contributed by atoms with Crippen molar-refractivity contribution in [1.29, 1.82) is 0 Å². The molecule has 8 heteroatoms. The van der Waals surface area contributed by atoms with Gasteiger partial charge in [0.25, 0.3) is 0 Å². The van der Waals surface area contributed by atoms with Gasteiger partial charge in [0.15, 0.2) is 0 Å². The van der Waals surface area contributed by atoms with Crippen molar-refractivity contribution in [2.75, 3.05) is 0 Å². The van der Waals surface area contributed by atoms with Crippen molar-refractivity contribution in [3.8, 4) is 5.75 Å². The minimum atomic E-state index is -1.38. The fraction of sp³-hybridized carbons (Fsp3) is 0.167. The summed E-state index contributed by atoms with van der Waals surface area (Å²) < 4.78 is 47.2. The Morgan fingerprint density at radius 1 is 0.969 bits per heavy atom. The van der Waals surface area contributed by atoms with Crippen LogP contribution in [0.4, 0.5) is 13.2 Å². The monoisotopic (exact) mass is 447 g/mol. The predicted molar refractivity (Wildman–Crippen MR) is 106 cm³/mol. The Kier molecular flexibility index (Phi) is 7.77. The van der Waals surface area contributed by atoms with Crippen molar-refractivity contribution in [3.63, 3.8) is 0 Å². The first-order chi connectivity index (χ1) is 14.9. The van der Waals surface area contributed by atoms with Crippen LogP contribution in [0.5, 0.6) is 5.75 Å². The maximum absolute atomic E-state index is 14.1. The molecule has 0 saturated carbocycles. The number of aromatic carboxylic acids is 1. The third-order valence-corrected chi connectivity index (χ3v) is 5.14. The zero-order valence-electron chi connectivity index (χ0n) is 17.3. The van der Waals surface area contributed by atoms with Gasteiger partial charge in [-0.25, -0.2) is 18.2 Å². The van der Waals surface area contributed by atoms with Gasteiger partial charge in [-0.3, -0.25) is 0 Å². The Morgan fingerprint density at radius 3 is 2.47 bits per heavy atom. The number of carbonyl (C=O) groups excluding carboxylic acids is 1. The quantitative estimate of drug-likeness (QED) is 0.538. The van der Waals surface area contributed by atoms with E-state index >= 15 is 0 Å². The number of pyridine rings is 1. The van der Waals surface area contributed by atoms with Gasteiger partial charge >= 0.3 is 29.6 Å². The van der Waals surface area contributed by atoms with Crippen LogP contribution in [0.25, 0.3) is 11.1 Å². The number of allylic oxidation sites excluding steroid dienone is 2. The van der Waals surface area contributed by atoms with Crippen LogP contribution in [0.15, 0.2) is 54.6 Å². The molecule has 0 spiro atoms. The van der Waals surface area contributed by atoms with E-state index in [9.17, 15) is 23.1 Å². The molecule has 0 radical (unpaired) electrons. The molecular weight excluding hydrogens is 430 g/mol. The van der Waals surface area contributed by atoms with E-state index in [-0.39, 0.29) is 47.4 Å². The number of nitrogens with zero attached hydrogens (tertiary/aromatic N) is 1. The molecule has 0 atom stereocenters. The molecule has 0 saturated heterocycles. The summed E-state index contributed by atoms with van der Waals surface area (Å²) in [5.74, 6) is -2.73. The van der Waals surface area contributed by atoms with E-state index in [0.29, 0.717) is 29.8 Å². The van der Waals surface area contributed by atoms with Crippen molar-refractivity contribution in [3.05, 3.63) is 94.6 Å². The van der Waals surface area contributed by atoms with Crippen LogP contribution < -0.4 is 39.4 Å². The molecule has 0 bridgehead atoms. The molecule has 3 aromatic rings. The molecule has 1 aliphatic carbocycles. The van der Waals surface area contributed by atoms with Crippen LogP contribution in [0.2, 0.25) is 0 Å². The molecule has 0 N–H and O–H groups in total. The fourth-order valence-electron chi connectivity index (χ4n) is 3.71. The molecule has 1 aromatic heterocycles. The summed E-state index contributed by atoms with van der Waals surface area (Å²) >= 11 is 0. The topological polar surface area (TPSA) is 62.2 Å². The second kappa shape index (κ2) is 10.3. The third-order valence-electron chi connectivity index (χ3n) is 5.14. The van der Waals surface area contributed by atoms with Crippen molar-refractivity contribution in [2.24, 2.45) is 0 Å². The minimum Gasteiger partial charge on any atom is -0.543 e. The maximum Gasteiger partial charge on any atom is 1.00 e. The van der Waals surface area contributed by atoms with Gasteiger partial charge in [0.2, 0.25) is 0 Å². The van der Waals surface area contributed by atoms with Gasteiger partial charge in [0.05, 0.1) is 17.4 Å². The van der Waals surface area contributed by atoms with Crippen LogP contribution in [0.3, 0.4) is 0 Å². The number of aromatic nitrogens is 1. The molecule has 4 nitrogen and oxygen atoms in total. The summed E-state index contributed by atoms with van der Waals surface area (Å²) in [4.78, 5) is 15.3. The van der Waals surface area contributed by atoms with E-state index in [0.717, 1.165) is 35.8 Å². The summed E-state index contributed by atoms with van der Waals surface area (Å²) in [6.45, 7) is -0.233. The van der Waals surface area contributed by atoms with E-state index in [4.69, 9.17) is 4.74 Å². The number of carboxylic acids is 1. The molecule has 0 unspecified atom stereocenters. The smallest absolute Gasteiger partial charge is 0.543 e. The number of carbonyl (C=O) groups is 1. The zero-order valence-corrected chi connectivity index (χ0v) is 19.3. The summed E-state index contributed by atoms with van der Waals surface area (Å²) in [7, 11) is 0. The van der Waals surface area contributed by atoms with E-state index in [1.807, 2.05) is 0 Å². The Morgan fingerprint density at radius 2 is 1.69 bits per heavy atom. The van der Waals surface area contributed by atoms with Gasteiger partial charge in [-0.05, 0) is 78.9 Å². The van der Waals surface area contributed by atoms with Gasteiger partial charge in [0, 0.05) is 11.1 Å². The van der Waals surface area contributed by atoms with Crippen molar-refractivity contribution >= 4 is 17.1 Å². The summed E-state index contributed by atoms with van der Waals surface area (Å²) in [6, 6.07) is 11.7. The van der Waals surface area contributed by atoms with E-state index in [1.54, 1.807) is 12.1 Å². The predicted octanol–water partition coefficient (Wildman–Crippen LogP) is 1.54.